The van der Waals surface area contributed by atoms with Gasteiger partial charge in [0.15, 0.2) is 0 Å². The van der Waals surface area contributed by atoms with Crippen LogP contribution in [0.2, 0.25) is 0 Å². The quantitative estimate of drug-likeness (QED) is 0.106. The molecular formula is C46H56N8O8. The molecule has 8 rings (SSSR count). The van der Waals surface area contributed by atoms with Crippen molar-refractivity contribution in [3.05, 3.63) is 65.9 Å². The maximum atomic E-state index is 14.1. The highest BCUT2D eigenvalue weighted by Crippen LogP contribution is 2.44. The number of ether oxygens (including phenoxy) is 4. The summed E-state index contributed by atoms with van der Waals surface area (Å²) in [5, 5.41) is 7.34. The molecule has 16 nitrogen and oxygen atoms in total. The van der Waals surface area contributed by atoms with Crippen LogP contribution in [0, 0.1) is 11.8 Å². The number of rotatable bonds is 11. The Bertz CT molecular complexity index is 2510. The second kappa shape index (κ2) is 17.3. The molecule has 4 amide bonds. The van der Waals surface area contributed by atoms with Gasteiger partial charge in [-0.2, -0.15) is 0 Å². The zero-order valence-electron chi connectivity index (χ0n) is 36.5. The van der Waals surface area contributed by atoms with Gasteiger partial charge in [-0.05, 0) is 91.3 Å². The van der Waals surface area contributed by atoms with Crippen LogP contribution >= 0.6 is 0 Å². The van der Waals surface area contributed by atoms with E-state index in [0.29, 0.717) is 24.8 Å². The first-order valence-corrected chi connectivity index (χ1v) is 21.5. The van der Waals surface area contributed by atoms with Crippen LogP contribution in [0.4, 0.5) is 9.59 Å². The summed E-state index contributed by atoms with van der Waals surface area (Å²) in [6.45, 7) is 10.6. The summed E-state index contributed by atoms with van der Waals surface area (Å²) in [4.78, 5) is 72.9. The minimum absolute atomic E-state index is 0.0200. The number of alkyl carbamates (subject to hydrolysis) is 2. The maximum Gasteiger partial charge on any atom is 0.407 e. The SMILES string of the molecule is CC[C@H]1C[C@@H](c2nc3c(ccc4cc5c(cc43)OCc3cc(-c4cnc([C@@H]6CC[C@H](C)N6C(=O)[C@@H](NC(=O)OC)C(C)C)[nH]4)ccc3-5)[nH]2)N(C(=O)C(NC(=O)OC)[C@@H](C)OC)C1. The standard InChI is InChI=1S/C46H56N8O8/c1-9-26-16-36(53(21-26)43(55)39(25(5)59-6)52-46(58)61-8)42-48-33-14-12-27-18-32-30-13-11-28(17-29(30)22-62-37(32)19-31(27)40(33)50-42)34-20-47-41(49-34)35-15-10-24(4)54(35)44(56)38(23(2)3)51-45(57)60-7/h11-14,17-20,23-26,35-36,38-39H,9-10,15-16,21-22H2,1-8H3,(H,47,49)(H,48,50)(H,51,57)(H,52,58)/t24-,25+,26-,35-,36-,38-,39?/m0/s1. The van der Waals surface area contributed by atoms with Crippen LogP contribution in [-0.4, -0.2) is 106 Å². The maximum absolute atomic E-state index is 14.1. The average Bonchev–Trinajstić information content (AvgIpc) is 4.11. The zero-order chi connectivity index (χ0) is 44.0. The smallest absolute Gasteiger partial charge is 0.407 e. The first-order valence-electron chi connectivity index (χ1n) is 21.5. The molecule has 3 aliphatic rings. The van der Waals surface area contributed by atoms with E-state index in [9.17, 15) is 19.2 Å². The highest BCUT2D eigenvalue weighted by atomic mass is 16.5. The van der Waals surface area contributed by atoms with Gasteiger partial charge in [0, 0.05) is 30.6 Å². The minimum Gasteiger partial charge on any atom is -0.488 e. The van der Waals surface area contributed by atoms with Gasteiger partial charge in [0.05, 0.1) is 55.3 Å². The number of amides is 4. The predicted octanol–water partition coefficient (Wildman–Crippen LogP) is 7.16. The van der Waals surface area contributed by atoms with Crippen molar-refractivity contribution in [2.24, 2.45) is 11.8 Å². The van der Waals surface area contributed by atoms with Gasteiger partial charge in [-0.15, -0.1) is 0 Å². The number of hydrogen-bond donors (Lipinski definition) is 4. The van der Waals surface area contributed by atoms with Crippen LogP contribution in [0.5, 0.6) is 5.75 Å². The van der Waals surface area contributed by atoms with Crippen molar-refractivity contribution in [3.8, 4) is 28.1 Å². The number of nitrogens with zero attached hydrogens (tertiary/aromatic N) is 4. The minimum atomic E-state index is -0.929. The van der Waals surface area contributed by atoms with Gasteiger partial charge >= 0.3 is 12.2 Å². The molecule has 2 fully saturated rings. The number of aromatic amines is 2. The molecule has 0 bridgehead atoms. The molecule has 328 valence electrons. The third-order valence-electron chi connectivity index (χ3n) is 13.0. The van der Waals surface area contributed by atoms with Crippen molar-refractivity contribution in [2.45, 2.75) is 103 Å². The number of fused-ring (bicyclic) bond motifs is 6. The van der Waals surface area contributed by atoms with Crippen molar-refractivity contribution in [3.63, 3.8) is 0 Å². The van der Waals surface area contributed by atoms with E-state index >= 15 is 0 Å². The lowest BCUT2D eigenvalue weighted by Gasteiger charge is -2.32. The largest absolute Gasteiger partial charge is 0.488 e. The highest BCUT2D eigenvalue weighted by molar-refractivity contribution is 6.07. The number of aromatic nitrogens is 4. The van der Waals surface area contributed by atoms with Crippen LogP contribution in [0.25, 0.3) is 44.2 Å². The van der Waals surface area contributed by atoms with Gasteiger partial charge in [0.2, 0.25) is 11.8 Å². The molecule has 3 aliphatic heterocycles. The first kappa shape index (κ1) is 42.5. The Morgan fingerprint density at radius 2 is 1.65 bits per heavy atom. The second-order valence-electron chi connectivity index (χ2n) is 17.1. The van der Waals surface area contributed by atoms with E-state index < -0.39 is 30.4 Å². The van der Waals surface area contributed by atoms with Gasteiger partial charge in [-0.25, -0.2) is 19.6 Å². The van der Waals surface area contributed by atoms with Crippen molar-refractivity contribution >= 4 is 45.8 Å². The molecule has 0 radical (unpaired) electrons. The van der Waals surface area contributed by atoms with Crippen LogP contribution in [0.3, 0.4) is 0 Å². The van der Waals surface area contributed by atoms with Crippen LogP contribution in [0.15, 0.2) is 48.7 Å². The number of imidazole rings is 2. The van der Waals surface area contributed by atoms with Crippen molar-refractivity contribution in [2.75, 3.05) is 27.9 Å². The monoisotopic (exact) mass is 848 g/mol. The average molecular weight is 849 g/mol. The van der Waals surface area contributed by atoms with E-state index in [4.69, 9.17) is 28.9 Å². The predicted molar refractivity (Wildman–Crippen MR) is 232 cm³/mol. The molecule has 3 aromatic carbocycles. The fourth-order valence-electron chi connectivity index (χ4n) is 9.37. The summed E-state index contributed by atoms with van der Waals surface area (Å²) in [5.74, 6) is 1.88. The van der Waals surface area contributed by atoms with E-state index in [1.165, 1.54) is 21.3 Å². The molecule has 16 heteroatoms. The molecule has 5 aromatic rings. The van der Waals surface area contributed by atoms with Crippen LogP contribution in [-0.2, 0) is 30.4 Å². The second-order valence-corrected chi connectivity index (χ2v) is 17.1. The lowest BCUT2D eigenvalue weighted by Crippen LogP contribution is -2.54. The van der Waals surface area contributed by atoms with Gasteiger partial charge < -0.3 is 49.3 Å². The van der Waals surface area contributed by atoms with E-state index in [2.05, 4.69) is 63.9 Å². The topological polar surface area (TPSA) is 193 Å². The molecule has 62 heavy (non-hydrogen) atoms. The number of carbonyl (C=O) groups excluding carboxylic acids is 4. The van der Waals surface area contributed by atoms with E-state index in [-0.39, 0.29) is 41.8 Å². The van der Waals surface area contributed by atoms with Crippen molar-refractivity contribution in [1.82, 2.24) is 40.4 Å². The third kappa shape index (κ3) is 7.80. The normalized spacial score (nSPS) is 21.0. The summed E-state index contributed by atoms with van der Waals surface area (Å²) in [5.41, 5.74) is 6.52. The van der Waals surface area contributed by atoms with E-state index in [1.807, 2.05) is 42.8 Å². The molecule has 0 spiro atoms. The van der Waals surface area contributed by atoms with Crippen LogP contribution in [0.1, 0.15) is 89.6 Å². The molecule has 7 atom stereocenters. The fourth-order valence-corrected chi connectivity index (χ4v) is 9.37. The van der Waals surface area contributed by atoms with Gasteiger partial charge in [0.1, 0.15) is 36.1 Å². The Labute approximate surface area is 360 Å². The Kier molecular flexibility index (Phi) is 11.9. The first-order chi connectivity index (χ1) is 29.8. The van der Waals surface area contributed by atoms with Gasteiger partial charge in [-0.1, -0.05) is 45.4 Å². The number of likely N-dealkylation sites (tertiary alicyclic amines) is 2. The summed E-state index contributed by atoms with van der Waals surface area (Å²) < 4.78 is 21.6. The molecular weight excluding hydrogens is 793 g/mol. The lowest BCUT2D eigenvalue weighted by atomic mass is 9.92. The Balaban J connectivity index is 1.05. The Morgan fingerprint density at radius 3 is 2.35 bits per heavy atom. The molecule has 1 unspecified atom stereocenters. The molecule has 2 saturated heterocycles. The number of hydrogen-bond acceptors (Lipinski definition) is 10. The summed E-state index contributed by atoms with van der Waals surface area (Å²) in [6.07, 6.45) is 3.09. The highest BCUT2D eigenvalue weighted by Gasteiger charge is 2.43. The van der Waals surface area contributed by atoms with Crippen molar-refractivity contribution < 1.29 is 38.1 Å². The number of nitrogens with one attached hydrogen (secondary N) is 4. The fraction of sp³-hybridized carbons (Fsp3) is 0.478. The zero-order valence-corrected chi connectivity index (χ0v) is 36.5. The molecule has 0 aliphatic carbocycles. The Morgan fingerprint density at radius 1 is 0.887 bits per heavy atom. The van der Waals surface area contributed by atoms with Crippen molar-refractivity contribution in [1.29, 1.82) is 0 Å². The molecule has 2 aromatic heterocycles. The molecule has 4 N–H and O–H groups in total. The van der Waals surface area contributed by atoms with Gasteiger partial charge in [-0.3, -0.25) is 9.59 Å². The lowest BCUT2D eigenvalue weighted by molar-refractivity contribution is -0.138. The number of H-pyrrole nitrogens is 2. The summed E-state index contributed by atoms with van der Waals surface area (Å²) in [7, 11) is 4.07. The van der Waals surface area contributed by atoms with Crippen LogP contribution < -0.4 is 15.4 Å². The number of methoxy groups -OCH3 is 3. The Hall–Kier alpha value is -6.16. The summed E-state index contributed by atoms with van der Waals surface area (Å²) >= 11 is 0. The number of benzene rings is 3. The molecule has 0 saturated carbocycles. The summed E-state index contributed by atoms with van der Waals surface area (Å²) in [6, 6.07) is 12.4. The van der Waals surface area contributed by atoms with Gasteiger partial charge in [0.25, 0.3) is 0 Å². The van der Waals surface area contributed by atoms with E-state index in [1.54, 1.807) is 6.92 Å². The molecule has 5 heterocycles. The van der Waals surface area contributed by atoms with E-state index in [0.717, 1.165) is 81.2 Å². The third-order valence-corrected chi connectivity index (χ3v) is 13.0. The number of carbonyl (C=O) groups is 4.